The lowest BCUT2D eigenvalue weighted by molar-refractivity contribution is -0.147. The number of carbonyl (C=O) groups excluding carboxylic acids is 2. The number of nitrogens with zero attached hydrogens (tertiary/aromatic N) is 2. The molecule has 0 spiro atoms. The molecule has 2 amide bonds. The Morgan fingerprint density at radius 2 is 1.69 bits per heavy atom. The van der Waals surface area contributed by atoms with E-state index in [2.05, 4.69) is 0 Å². The molecule has 2 aromatic rings. The van der Waals surface area contributed by atoms with E-state index < -0.39 is 23.0 Å². The Labute approximate surface area is 150 Å². The fourth-order valence-electron chi connectivity index (χ4n) is 4.09. The third-order valence-corrected chi connectivity index (χ3v) is 5.42. The molecule has 134 valence electrons. The first-order valence-corrected chi connectivity index (χ1v) is 8.27. The Bertz CT molecular complexity index is 912. The van der Waals surface area contributed by atoms with E-state index in [1.165, 1.54) is 7.11 Å². The van der Waals surface area contributed by atoms with Crippen molar-refractivity contribution in [2.45, 2.75) is 24.5 Å². The smallest absolute Gasteiger partial charge is 0.290 e. The van der Waals surface area contributed by atoms with Gasteiger partial charge in [-0.1, -0.05) is 25.1 Å². The van der Waals surface area contributed by atoms with Gasteiger partial charge in [-0.15, -0.1) is 0 Å². The van der Waals surface area contributed by atoms with E-state index in [1.54, 1.807) is 55.5 Å². The van der Waals surface area contributed by atoms with Crippen molar-refractivity contribution in [3.63, 3.8) is 0 Å². The molecule has 26 heavy (non-hydrogen) atoms. The first kappa shape index (κ1) is 16.6. The van der Waals surface area contributed by atoms with Crippen LogP contribution in [-0.4, -0.2) is 35.0 Å². The fourth-order valence-corrected chi connectivity index (χ4v) is 4.09. The second-order valence-electron chi connectivity index (χ2n) is 6.40. The zero-order chi connectivity index (χ0) is 18.7. The predicted octanol–water partition coefficient (Wildman–Crippen LogP) is 1.81. The lowest BCUT2D eigenvalue weighted by atomic mass is 9.73. The maximum Gasteiger partial charge on any atom is 0.290 e. The summed E-state index contributed by atoms with van der Waals surface area (Å²) in [5, 5.41) is 22.4. The molecule has 0 aliphatic carbocycles. The molecule has 1 saturated heterocycles. The molecule has 1 fully saturated rings. The number of benzene rings is 2. The van der Waals surface area contributed by atoms with Crippen LogP contribution in [-0.2, 0) is 15.0 Å². The average molecular weight is 354 g/mol. The molecule has 2 heterocycles. The minimum atomic E-state index is -2.39. The Kier molecular flexibility index (Phi) is 3.37. The third kappa shape index (κ3) is 1.64. The van der Waals surface area contributed by atoms with Crippen molar-refractivity contribution in [1.29, 1.82) is 0 Å². The van der Waals surface area contributed by atoms with Crippen LogP contribution in [0.4, 0.5) is 11.4 Å². The highest BCUT2D eigenvalue weighted by Gasteiger charge is 2.76. The van der Waals surface area contributed by atoms with Gasteiger partial charge in [-0.25, -0.2) is 9.96 Å². The summed E-state index contributed by atoms with van der Waals surface area (Å²) in [6, 6.07) is 13.0. The first-order valence-electron chi connectivity index (χ1n) is 8.27. The van der Waals surface area contributed by atoms with E-state index in [1.807, 2.05) is 0 Å². The number of hydrogen-bond donors (Lipinski definition) is 2. The van der Waals surface area contributed by atoms with Crippen LogP contribution in [0.5, 0.6) is 5.75 Å². The topological polar surface area (TPSA) is 90.3 Å². The number of fused-ring (bicyclic) bond motifs is 3. The molecule has 0 saturated carbocycles. The maximum absolute atomic E-state index is 13.4. The number of methoxy groups -OCH3 is 1. The standard InChI is InChI=1S/C19H18N2O5/c1-3-18-14-6-4-5-7-15(14)21(25)19(18,24)17(23)20(16(18)22)12-8-10-13(26-2)11-9-12/h4-11,24-25H,3H2,1-2H3/t18-,19-/m0/s1. The van der Waals surface area contributed by atoms with Crippen molar-refractivity contribution in [2.75, 3.05) is 17.1 Å². The number of hydrogen-bond acceptors (Lipinski definition) is 6. The number of carbonyl (C=O) groups is 2. The van der Waals surface area contributed by atoms with Gasteiger partial charge in [0.25, 0.3) is 11.6 Å². The normalized spacial score (nSPS) is 26.9. The molecule has 7 heteroatoms. The summed E-state index contributed by atoms with van der Waals surface area (Å²) >= 11 is 0. The zero-order valence-electron chi connectivity index (χ0n) is 14.3. The number of amides is 2. The van der Waals surface area contributed by atoms with Crippen molar-refractivity contribution in [1.82, 2.24) is 0 Å². The minimum absolute atomic E-state index is 0.148. The number of anilines is 2. The third-order valence-electron chi connectivity index (χ3n) is 5.42. The molecular formula is C19H18N2O5. The Morgan fingerprint density at radius 3 is 2.31 bits per heavy atom. The highest BCUT2D eigenvalue weighted by Crippen LogP contribution is 2.57. The van der Waals surface area contributed by atoms with Gasteiger partial charge in [-0.2, -0.15) is 0 Å². The monoisotopic (exact) mass is 354 g/mol. The summed E-state index contributed by atoms with van der Waals surface area (Å²) in [7, 11) is 1.51. The lowest BCUT2D eigenvalue weighted by Crippen LogP contribution is -2.59. The van der Waals surface area contributed by atoms with E-state index >= 15 is 0 Å². The van der Waals surface area contributed by atoms with Crippen LogP contribution >= 0.6 is 0 Å². The van der Waals surface area contributed by atoms with Gasteiger partial charge in [0.05, 0.1) is 18.5 Å². The van der Waals surface area contributed by atoms with E-state index in [9.17, 15) is 19.9 Å². The second-order valence-corrected chi connectivity index (χ2v) is 6.40. The number of para-hydroxylation sites is 1. The van der Waals surface area contributed by atoms with Crippen LogP contribution in [0.1, 0.15) is 18.9 Å². The van der Waals surface area contributed by atoms with Gasteiger partial charge in [0.15, 0.2) is 0 Å². The molecule has 0 unspecified atom stereocenters. The SMILES string of the molecule is CC[C@]12C(=O)N(c3ccc(OC)cc3)C(=O)[C@@]1(O)N(O)c1ccccc12. The van der Waals surface area contributed by atoms with Gasteiger partial charge in [-0.3, -0.25) is 14.8 Å². The van der Waals surface area contributed by atoms with E-state index in [0.717, 1.165) is 4.90 Å². The van der Waals surface area contributed by atoms with Gasteiger partial charge >= 0.3 is 0 Å². The molecule has 2 aliphatic heterocycles. The van der Waals surface area contributed by atoms with Gasteiger partial charge in [0.1, 0.15) is 11.2 Å². The zero-order valence-corrected chi connectivity index (χ0v) is 14.3. The molecule has 7 nitrogen and oxygen atoms in total. The summed E-state index contributed by atoms with van der Waals surface area (Å²) in [6.45, 7) is 1.71. The van der Waals surface area contributed by atoms with Gasteiger partial charge in [0.2, 0.25) is 5.91 Å². The molecule has 2 atom stereocenters. The highest BCUT2D eigenvalue weighted by atomic mass is 16.6. The molecule has 2 aromatic carbocycles. The summed E-state index contributed by atoms with van der Waals surface area (Å²) in [4.78, 5) is 27.5. The Balaban J connectivity index is 1.92. The molecule has 0 bridgehead atoms. The average Bonchev–Trinajstić information content (AvgIpc) is 2.98. The lowest BCUT2D eigenvalue weighted by Gasteiger charge is -2.33. The second kappa shape index (κ2) is 5.30. The maximum atomic E-state index is 13.4. The minimum Gasteiger partial charge on any atom is -0.497 e. The van der Waals surface area contributed by atoms with Crippen LogP contribution in [0, 0.1) is 0 Å². The molecular weight excluding hydrogens is 336 g/mol. The van der Waals surface area contributed by atoms with Crippen LogP contribution < -0.4 is 14.7 Å². The van der Waals surface area contributed by atoms with Crippen LogP contribution in [0.3, 0.4) is 0 Å². The van der Waals surface area contributed by atoms with E-state index in [0.29, 0.717) is 22.1 Å². The summed E-state index contributed by atoms with van der Waals surface area (Å²) in [5.41, 5.74) is -2.96. The van der Waals surface area contributed by atoms with Crippen molar-refractivity contribution < 1.29 is 24.6 Å². The number of imide groups is 1. The quantitative estimate of drug-likeness (QED) is 0.817. The van der Waals surface area contributed by atoms with Crippen molar-refractivity contribution in [3.8, 4) is 5.75 Å². The highest BCUT2D eigenvalue weighted by molar-refractivity contribution is 6.30. The van der Waals surface area contributed by atoms with Crippen LogP contribution in [0.2, 0.25) is 0 Å². The Morgan fingerprint density at radius 1 is 1.04 bits per heavy atom. The van der Waals surface area contributed by atoms with Crippen molar-refractivity contribution in [2.24, 2.45) is 0 Å². The van der Waals surface area contributed by atoms with E-state index in [4.69, 9.17) is 4.74 Å². The van der Waals surface area contributed by atoms with Crippen LogP contribution in [0.15, 0.2) is 48.5 Å². The molecule has 2 N–H and O–H groups in total. The van der Waals surface area contributed by atoms with Crippen molar-refractivity contribution in [3.05, 3.63) is 54.1 Å². The summed E-state index contributed by atoms with van der Waals surface area (Å²) in [6.07, 6.45) is 0.148. The van der Waals surface area contributed by atoms with Crippen molar-refractivity contribution >= 4 is 23.2 Å². The number of hydroxylamine groups is 1. The molecule has 0 aromatic heterocycles. The van der Waals surface area contributed by atoms with Gasteiger partial charge < -0.3 is 9.84 Å². The number of aliphatic hydroxyl groups is 1. The largest absolute Gasteiger partial charge is 0.497 e. The predicted molar refractivity (Wildman–Crippen MR) is 93.1 cm³/mol. The summed E-state index contributed by atoms with van der Waals surface area (Å²) in [5.74, 6) is -0.874. The Hall–Kier alpha value is -2.90. The van der Waals surface area contributed by atoms with Gasteiger partial charge in [-0.05, 0) is 42.3 Å². The number of ether oxygens (including phenoxy) is 1. The fraction of sp³-hybridized carbons (Fsp3) is 0.263. The molecule has 0 radical (unpaired) electrons. The molecule has 2 aliphatic rings. The van der Waals surface area contributed by atoms with E-state index in [-0.39, 0.29) is 12.1 Å². The van der Waals surface area contributed by atoms with Crippen LogP contribution in [0.25, 0.3) is 0 Å². The summed E-state index contributed by atoms with van der Waals surface area (Å²) < 4.78 is 5.10. The van der Waals surface area contributed by atoms with Gasteiger partial charge in [0, 0.05) is 0 Å². The first-order chi connectivity index (χ1) is 12.4. The number of rotatable bonds is 3. The molecule has 4 rings (SSSR count).